The molecular formula is C17H32N2O2. The predicted molar refractivity (Wildman–Crippen MR) is 85.2 cm³/mol. The number of ether oxygens (including phenoxy) is 1. The lowest BCUT2D eigenvalue weighted by Crippen LogP contribution is -2.48. The average Bonchev–Trinajstić information content (AvgIpc) is 2.37. The van der Waals surface area contributed by atoms with Crippen LogP contribution in [0.3, 0.4) is 0 Å². The molecule has 21 heavy (non-hydrogen) atoms. The Hall–Kier alpha value is -0.770. The fraction of sp³-hybridized carbons (Fsp3) is 0.941. The Morgan fingerprint density at radius 2 is 1.90 bits per heavy atom. The summed E-state index contributed by atoms with van der Waals surface area (Å²) < 4.78 is 5.50. The van der Waals surface area contributed by atoms with E-state index in [1.54, 1.807) is 0 Å². The van der Waals surface area contributed by atoms with E-state index in [2.05, 4.69) is 0 Å². The highest BCUT2D eigenvalue weighted by atomic mass is 16.6. The molecule has 1 saturated carbocycles. The quantitative estimate of drug-likeness (QED) is 0.845. The number of nitrogens with zero attached hydrogens (tertiary/aromatic N) is 1. The van der Waals surface area contributed by atoms with Crippen LogP contribution in [0, 0.1) is 5.92 Å². The minimum Gasteiger partial charge on any atom is -0.444 e. The summed E-state index contributed by atoms with van der Waals surface area (Å²) in [5, 5.41) is 0. The third kappa shape index (κ3) is 5.17. The zero-order valence-electron chi connectivity index (χ0n) is 14.0. The third-order valence-electron chi connectivity index (χ3n) is 4.72. The van der Waals surface area contributed by atoms with Gasteiger partial charge in [0, 0.05) is 18.6 Å². The largest absolute Gasteiger partial charge is 0.444 e. The van der Waals surface area contributed by atoms with Gasteiger partial charge in [-0.1, -0.05) is 19.3 Å². The lowest BCUT2D eigenvalue weighted by Gasteiger charge is -2.40. The Kier molecular flexibility index (Phi) is 5.18. The molecule has 1 aliphatic carbocycles. The summed E-state index contributed by atoms with van der Waals surface area (Å²) in [4.78, 5) is 14.1. The number of hydrogen-bond acceptors (Lipinski definition) is 3. The molecule has 1 unspecified atom stereocenters. The van der Waals surface area contributed by atoms with Crippen molar-refractivity contribution >= 4 is 6.09 Å². The predicted octanol–water partition coefficient (Wildman–Crippen LogP) is 3.69. The minimum atomic E-state index is -0.414. The highest BCUT2D eigenvalue weighted by Gasteiger charge is 2.34. The first-order valence-electron chi connectivity index (χ1n) is 8.54. The Morgan fingerprint density at radius 3 is 2.52 bits per heavy atom. The first-order chi connectivity index (χ1) is 9.77. The van der Waals surface area contributed by atoms with Crippen LogP contribution in [-0.4, -0.2) is 35.2 Å². The van der Waals surface area contributed by atoms with Crippen molar-refractivity contribution in [1.82, 2.24) is 4.90 Å². The summed E-state index contributed by atoms with van der Waals surface area (Å²) in [6.45, 7) is 7.40. The van der Waals surface area contributed by atoms with Crippen LogP contribution < -0.4 is 5.73 Å². The molecule has 4 nitrogen and oxygen atoms in total. The Labute approximate surface area is 129 Å². The molecule has 1 amide bonds. The van der Waals surface area contributed by atoms with Gasteiger partial charge in [0.05, 0.1) is 0 Å². The number of likely N-dealkylation sites (tertiary alicyclic amines) is 1. The smallest absolute Gasteiger partial charge is 0.410 e. The van der Waals surface area contributed by atoms with Crippen LogP contribution >= 0.6 is 0 Å². The van der Waals surface area contributed by atoms with Gasteiger partial charge in [0.15, 0.2) is 0 Å². The van der Waals surface area contributed by atoms with Gasteiger partial charge >= 0.3 is 6.09 Å². The second-order valence-corrected chi connectivity index (χ2v) is 8.06. The Morgan fingerprint density at radius 1 is 1.24 bits per heavy atom. The molecule has 2 N–H and O–H groups in total. The summed E-state index contributed by atoms with van der Waals surface area (Å²) >= 11 is 0. The summed E-state index contributed by atoms with van der Waals surface area (Å²) in [6, 6.07) is 0. The maximum Gasteiger partial charge on any atom is 0.410 e. The van der Waals surface area contributed by atoms with Crippen molar-refractivity contribution < 1.29 is 9.53 Å². The molecule has 1 saturated heterocycles. The molecule has 122 valence electrons. The lowest BCUT2D eigenvalue weighted by molar-refractivity contribution is 0.0143. The van der Waals surface area contributed by atoms with Crippen LogP contribution in [-0.2, 0) is 4.74 Å². The lowest BCUT2D eigenvalue weighted by atomic mass is 9.75. The number of rotatable bonds is 2. The van der Waals surface area contributed by atoms with Gasteiger partial charge in [-0.15, -0.1) is 0 Å². The van der Waals surface area contributed by atoms with Crippen molar-refractivity contribution in [2.24, 2.45) is 11.7 Å². The molecule has 0 spiro atoms. The molecule has 1 atom stereocenters. The normalized spacial score (nSPS) is 26.5. The number of piperidine rings is 1. The molecule has 2 aliphatic rings. The highest BCUT2D eigenvalue weighted by Crippen LogP contribution is 2.34. The van der Waals surface area contributed by atoms with Crippen molar-refractivity contribution in [2.45, 2.75) is 83.3 Å². The van der Waals surface area contributed by atoms with Crippen LogP contribution in [0.25, 0.3) is 0 Å². The number of hydrogen-bond donors (Lipinski definition) is 1. The zero-order valence-corrected chi connectivity index (χ0v) is 14.0. The summed E-state index contributed by atoms with van der Waals surface area (Å²) in [5.74, 6) is 0.536. The van der Waals surface area contributed by atoms with Crippen molar-refractivity contribution in [3.8, 4) is 0 Å². The highest BCUT2D eigenvalue weighted by molar-refractivity contribution is 5.68. The molecule has 4 heteroatoms. The molecule has 2 fully saturated rings. The van der Waals surface area contributed by atoms with Gasteiger partial charge in [-0.25, -0.2) is 4.79 Å². The molecule has 0 aromatic heterocycles. The van der Waals surface area contributed by atoms with Crippen molar-refractivity contribution in [3.05, 3.63) is 0 Å². The van der Waals surface area contributed by atoms with E-state index in [4.69, 9.17) is 10.5 Å². The molecule has 0 aromatic rings. The SMILES string of the molecule is CC(C)(C)OC(=O)N1CCCC(CC2(N)CCCCC2)C1. The number of carbonyl (C=O) groups excluding carboxylic acids is 1. The first kappa shape index (κ1) is 16.6. The van der Waals surface area contributed by atoms with Gasteiger partial charge < -0.3 is 15.4 Å². The molecule has 0 radical (unpaired) electrons. The van der Waals surface area contributed by atoms with E-state index in [0.717, 1.165) is 38.8 Å². The second kappa shape index (κ2) is 6.55. The van der Waals surface area contributed by atoms with Gasteiger partial charge in [-0.3, -0.25) is 0 Å². The van der Waals surface area contributed by atoms with E-state index in [1.165, 1.54) is 25.7 Å². The third-order valence-corrected chi connectivity index (χ3v) is 4.72. The maximum atomic E-state index is 12.2. The molecule has 2 rings (SSSR count). The standard InChI is InChI=1S/C17H32N2O2/c1-16(2,3)21-15(20)19-11-7-8-14(13-19)12-17(18)9-5-4-6-10-17/h14H,4-13,18H2,1-3H3. The van der Waals surface area contributed by atoms with Crippen molar-refractivity contribution in [3.63, 3.8) is 0 Å². The Balaban J connectivity index is 1.87. The first-order valence-corrected chi connectivity index (χ1v) is 8.54. The fourth-order valence-electron chi connectivity index (χ4n) is 3.76. The topological polar surface area (TPSA) is 55.6 Å². The summed E-state index contributed by atoms with van der Waals surface area (Å²) in [7, 11) is 0. The molecular weight excluding hydrogens is 264 g/mol. The van der Waals surface area contributed by atoms with Gasteiger partial charge in [-0.05, 0) is 58.8 Å². The fourth-order valence-corrected chi connectivity index (χ4v) is 3.76. The van der Waals surface area contributed by atoms with Crippen molar-refractivity contribution in [1.29, 1.82) is 0 Å². The molecule has 0 bridgehead atoms. The molecule has 0 aromatic carbocycles. The summed E-state index contributed by atoms with van der Waals surface area (Å²) in [5.41, 5.74) is 6.18. The van der Waals surface area contributed by atoms with Crippen LogP contribution in [0.15, 0.2) is 0 Å². The molecule has 1 aliphatic heterocycles. The maximum absolute atomic E-state index is 12.2. The summed E-state index contributed by atoms with van der Waals surface area (Å²) in [6.07, 6.45) is 9.31. The van der Waals surface area contributed by atoms with Crippen LogP contribution in [0.2, 0.25) is 0 Å². The molecule has 1 heterocycles. The number of amides is 1. The van der Waals surface area contributed by atoms with Crippen LogP contribution in [0.1, 0.15) is 72.1 Å². The monoisotopic (exact) mass is 296 g/mol. The minimum absolute atomic E-state index is 0.0137. The van der Waals surface area contributed by atoms with Gasteiger partial charge in [-0.2, -0.15) is 0 Å². The van der Waals surface area contributed by atoms with Crippen LogP contribution in [0.5, 0.6) is 0 Å². The van der Waals surface area contributed by atoms with Gasteiger partial charge in [0.25, 0.3) is 0 Å². The number of nitrogens with two attached hydrogens (primary N) is 1. The average molecular weight is 296 g/mol. The van der Waals surface area contributed by atoms with Gasteiger partial charge in [0.2, 0.25) is 0 Å². The van der Waals surface area contributed by atoms with Crippen LogP contribution in [0.4, 0.5) is 4.79 Å². The van der Waals surface area contributed by atoms with E-state index in [-0.39, 0.29) is 11.6 Å². The van der Waals surface area contributed by atoms with E-state index in [1.807, 2.05) is 25.7 Å². The number of carbonyl (C=O) groups is 1. The van der Waals surface area contributed by atoms with E-state index >= 15 is 0 Å². The van der Waals surface area contributed by atoms with E-state index < -0.39 is 5.60 Å². The van der Waals surface area contributed by atoms with Crippen molar-refractivity contribution in [2.75, 3.05) is 13.1 Å². The second-order valence-electron chi connectivity index (χ2n) is 8.06. The van der Waals surface area contributed by atoms with E-state index in [0.29, 0.717) is 5.92 Å². The zero-order chi connectivity index (χ0) is 15.5. The van der Waals surface area contributed by atoms with Gasteiger partial charge in [0.1, 0.15) is 5.60 Å². The Bertz CT molecular complexity index is 356. The van der Waals surface area contributed by atoms with E-state index in [9.17, 15) is 4.79 Å².